The second-order valence-electron chi connectivity index (χ2n) is 3.14. The quantitative estimate of drug-likeness (QED) is 0.634. The van der Waals surface area contributed by atoms with Crippen LogP contribution < -0.4 is 5.32 Å². The molecule has 0 aliphatic carbocycles. The molecule has 2 atom stereocenters. The number of hydrogen-bond acceptors (Lipinski definition) is 2. The Morgan fingerprint density at radius 1 is 1.55 bits per heavy atom. The molecule has 2 heterocycles. The van der Waals surface area contributed by atoms with Crippen LogP contribution in [-0.4, -0.2) is 29.8 Å². The molecule has 1 N–H and O–H groups in total. The first-order valence-corrected chi connectivity index (χ1v) is 4.96. The molecule has 11 heavy (non-hydrogen) atoms. The van der Waals surface area contributed by atoms with Crippen LogP contribution >= 0.6 is 24.2 Å². The predicted octanol–water partition coefficient (Wildman–Crippen LogP) is 1.62. The molecule has 0 aromatic heterocycles. The van der Waals surface area contributed by atoms with E-state index in [-0.39, 0.29) is 17.9 Å². The number of halogens is 2. The average molecular weight is 198 g/mol. The van der Waals surface area contributed by atoms with Crippen molar-refractivity contribution in [3.05, 3.63) is 0 Å². The summed E-state index contributed by atoms with van der Waals surface area (Å²) < 4.78 is 13.2. The smallest absolute Gasteiger partial charge is 0.120 e. The molecule has 2 rings (SSSR count). The molecular weight excluding hydrogens is 185 g/mol. The molecule has 2 unspecified atom stereocenters. The van der Waals surface area contributed by atoms with Crippen molar-refractivity contribution in [2.24, 2.45) is 0 Å². The lowest BCUT2D eigenvalue weighted by Gasteiger charge is -2.24. The number of alkyl halides is 1. The van der Waals surface area contributed by atoms with E-state index in [1.54, 1.807) is 0 Å². The van der Waals surface area contributed by atoms with Gasteiger partial charge in [0.25, 0.3) is 0 Å². The first kappa shape index (κ1) is 9.62. The molecule has 2 aliphatic heterocycles. The van der Waals surface area contributed by atoms with Crippen LogP contribution in [0.1, 0.15) is 12.8 Å². The summed E-state index contributed by atoms with van der Waals surface area (Å²) in [6.45, 7) is 0.877. The van der Waals surface area contributed by atoms with Gasteiger partial charge >= 0.3 is 0 Å². The topological polar surface area (TPSA) is 12.0 Å². The fourth-order valence-corrected chi connectivity index (χ4v) is 3.25. The molecule has 0 aromatic rings. The van der Waals surface area contributed by atoms with E-state index < -0.39 is 6.17 Å². The van der Waals surface area contributed by atoms with E-state index in [2.05, 4.69) is 5.32 Å². The van der Waals surface area contributed by atoms with Gasteiger partial charge in [-0.1, -0.05) is 0 Å². The molecule has 2 saturated heterocycles. The predicted molar refractivity (Wildman–Crippen MR) is 49.4 cm³/mol. The minimum Gasteiger partial charge on any atom is -0.308 e. The summed E-state index contributed by atoms with van der Waals surface area (Å²) in [5, 5.41) is 3.29. The fraction of sp³-hybridized carbons (Fsp3) is 1.00. The maximum atomic E-state index is 13.2. The summed E-state index contributed by atoms with van der Waals surface area (Å²) in [4.78, 5) is 0. The largest absolute Gasteiger partial charge is 0.308 e. The van der Waals surface area contributed by atoms with Crippen LogP contribution in [0.5, 0.6) is 0 Å². The van der Waals surface area contributed by atoms with Crippen molar-refractivity contribution >= 4 is 24.2 Å². The average Bonchev–Trinajstić information content (AvgIpc) is 2.48. The zero-order chi connectivity index (χ0) is 7.03. The standard InChI is InChI=1S/C7H12FNS.ClH/c8-6-1-3-9-7(6)2-4-10-5-7;/h6,9H,1-5H2;1H. The fourth-order valence-electron chi connectivity index (χ4n) is 1.80. The molecule has 0 radical (unpaired) electrons. The summed E-state index contributed by atoms with van der Waals surface area (Å²) in [7, 11) is 0. The summed E-state index contributed by atoms with van der Waals surface area (Å²) >= 11 is 1.87. The molecule has 0 aromatic carbocycles. The number of nitrogens with one attached hydrogen (secondary N) is 1. The van der Waals surface area contributed by atoms with Crippen LogP contribution in [0, 0.1) is 0 Å². The van der Waals surface area contributed by atoms with E-state index in [1.807, 2.05) is 11.8 Å². The Balaban J connectivity index is 0.000000605. The van der Waals surface area contributed by atoms with Gasteiger partial charge in [0.05, 0.1) is 5.54 Å². The van der Waals surface area contributed by atoms with Crippen molar-refractivity contribution in [3.63, 3.8) is 0 Å². The van der Waals surface area contributed by atoms with Crippen LogP contribution in [-0.2, 0) is 0 Å². The third-order valence-electron chi connectivity index (χ3n) is 2.53. The lowest BCUT2D eigenvalue weighted by Crippen LogP contribution is -2.45. The van der Waals surface area contributed by atoms with E-state index in [0.29, 0.717) is 0 Å². The van der Waals surface area contributed by atoms with Gasteiger partial charge in [0.2, 0.25) is 0 Å². The molecule has 2 fully saturated rings. The lowest BCUT2D eigenvalue weighted by molar-refractivity contribution is 0.224. The Bertz CT molecular complexity index is 133. The molecule has 1 spiro atoms. The SMILES string of the molecule is Cl.FC1CCNC12CCSC2. The molecular formula is C7H13ClFNS. The van der Waals surface area contributed by atoms with Crippen molar-refractivity contribution in [3.8, 4) is 0 Å². The van der Waals surface area contributed by atoms with Gasteiger partial charge in [0.1, 0.15) is 6.17 Å². The second-order valence-corrected chi connectivity index (χ2v) is 4.25. The third-order valence-corrected chi connectivity index (χ3v) is 3.74. The molecule has 66 valence electrons. The van der Waals surface area contributed by atoms with Crippen molar-refractivity contribution in [2.75, 3.05) is 18.1 Å². The minimum atomic E-state index is -0.581. The highest BCUT2D eigenvalue weighted by Crippen LogP contribution is 2.36. The Morgan fingerprint density at radius 3 is 2.82 bits per heavy atom. The van der Waals surface area contributed by atoms with E-state index in [1.165, 1.54) is 0 Å². The van der Waals surface area contributed by atoms with Crippen LogP contribution in [0.4, 0.5) is 4.39 Å². The first-order valence-electron chi connectivity index (χ1n) is 3.80. The van der Waals surface area contributed by atoms with Crippen molar-refractivity contribution in [1.29, 1.82) is 0 Å². The summed E-state index contributed by atoms with van der Waals surface area (Å²) in [6, 6.07) is 0. The first-order chi connectivity index (χ1) is 4.83. The van der Waals surface area contributed by atoms with E-state index in [0.717, 1.165) is 30.9 Å². The normalized spacial score (nSPS) is 42.8. The van der Waals surface area contributed by atoms with Gasteiger partial charge in [0.15, 0.2) is 0 Å². The van der Waals surface area contributed by atoms with E-state index in [4.69, 9.17) is 0 Å². The number of hydrogen-bond donors (Lipinski definition) is 1. The Kier molecular flexibility index (Phi) is 3.06. The highest BCUT2D eigenvalue weighted by molar-refractivity contribution is 7.99. The van der Waals surface area contributed by atoms with Crippen molar-refractivity contribution < 1.29 is 4.39 Å². The summed E-state index contributed by atoms with van der Waals surface area (Å²) in [5.74, 6) is 2.11. The molecule has 1 nitrogen and oxygen atoms in total. The Morgan fingerprint density at radius 2 is 2.36 bits per heavy atom. The molecule has 2 aliphatic rings. The van der Waals surface area contributed by atoms with E-state index in [9.17, 15) is 4.39 Å². The van der Waals surface area contributed by atoms with Crippen molar-refractivity contribution in [2.45, 2.75) is 24.6 Å². The minimum absolute atomic E-state index is 0. The van der Waals surface area contributed by atoms with Crippen molar-refractivity contribution in [1.82, 2.24) is 5.32 Å². The zero-order valence-electron chi connectivity index (χ0n) is 6.31. The lowest BCUT2D eigenvalue weighted by atomic mass is 9.95. The highest BCUT2D eigenvalue weighted by Gasteiger charge is 2.45. The highest BCUT2D eigenvalue weighted by atomic mass is 35.5. The zero-order valence-corrected chi connectivity index (χ0v) is 7.94. The van der Waals surface area contributed by atoms with Crippen LogP contribution in [0.25, 0.3) is 0 Å². The van der Waals surface area contributed by atoms with E-state index >= 15 is 0 Å². The summed E-state index contributed by atoms with van der Waals surface area (Å²) in [6.07, 6.45) is 1.17. The van der Waals surface area contributed by atoms with Crippen LogP contribution in [0.15, 0.2) is 0 Å². The number of thioether (sulfide) groups is 1. The Labute approximate surface area is 76.9 Å². The maximum Gasteiger partial charge on any atom is 0.120 e. The second kappa shape index (κ2) is 3.50. The molecule has 0 saturated carbocycles. The molecule has 4 heteroatoms. The molecule has 0 bridgehead atoms. The maximum absolute atomic E-state index is 13.2. The Hall–Kier alpha value is 0.530. The van der Waals surface area contributed by atoms with Gasteiger partial charge < -0.3 is 5.32 Å². The van der Waals surface area contributed by atoms with Gasteiger partial charge in [-0.25, -0.2) is 4.39 Å². The van der Waals surface area contributed by atoms with Gasteiger partial charge in [-0.05, 0) is 25.1 Å². The van der Waals surface area contributed by atoms with Gasteiger partial charge in [0, 0.05) is 5.75 Å². The number of rotatable bonds is 0. The summed E-state index contributed by atoms with van der Waals surface area (Å²) in [5.41, 5.74) is -0.106. The molecule has 0 amide bonds. The van der Waals surface area contributed by atoms with Crippen LogP contribution in [0.2, 0.25) is 0 Å². The van der Waals surface area contributed by atoms with Gasteiger partial charge in [-0.15, -0.1) is 12.4 Å². The monoisotopic (exact) mass is 197 g/mol. The van der Waals surface area contributed by atoms with Gasteiger partial charge in [-0.2, -0.15) is 11.8 Å². The van der Waals surface area contributed by atoms with Gasteiger partial charge in [-0.3, -0.25) is 0 Å². The third kappa shape index (κ3) is 1.51. The van der Waals surface area contributed by atoms with Crippen LogP contribution in [0.3, 0.4) is 0 Å².